The van der Waals surface area contributed by atoms with Crippen molar-refractivity contribution in [2.75, 3.05) is 13.2 Å². The fraction of sp³-hybridized carbons (Fsp3) is 0.780. The lowest BCUT2D eigenvalue weighted by Crippen LogP contribution is -2.30. The molecule has 1 atom stereocenters. The number of carbonyl (C=O) groups excluding carboxylic acids is 3. The Bertz CT molecular complexity index is 1180. The predicted octanol–water partition coefficient (Wildman–Crippen LogP) is 18.4. The summed E-state index contributed by atoms with van der Waals surface area (Å²) in [5.74, 6) is -0.891. The highest BCUT2D eigenvalue weighted by Gasteiger charge is 2.19. The van der Waals surface area contributed by atoms with Crippen LogP contribution < -0.4 is 0 Å². The van der Waals surface area contributed by atoms with Crippen molar-refractivity contribution in [3.8, 4) is 0 Å². The van der Waals surface area contributed by atoms with Gasteiger partial charge in [0.2, 0.25) is 0 Å². The standard InChI is InChI=1S/C59H104O6/c1-4-7-10-13-16-19-22-25-27-28-29-30-32-35-37-40-43-46-49-52-58(61)64-55-56(65-59(62)53-50-47-44-41-38-33-24-21-18-15-12-9-6-3)54-63-57(60)51-48-45-42-39-36-34-31-26-23-20-17-14-11-8-5-2/h8,11,16-17,19-20,25-27,31,56H,4-7,9-10,12-15,18,21-24,28-30,32-55H2,1-3H3/b11-8-,19-16-,20-17-,27-25-,31-26-/t56-/m1/s1. The number of allylic oxidation sites excluding steroid dienone is 10. The molecule has 0 N–H and O–H groups in total. The Balaban J connectivity index is 4.36. The van der Waals surface area contributed by atoms with Crippen LogP contribution in [0.25, 0.3) is 0 Å². The monoisotopic (exact) mass is 909 g/mol. The third-order valence-electron chi connectivity index (χ3n) is 12.0. The Kier molecular flexibility index (Phi) is 51.3. The molecule has 0 aromatic heterocycles. The molecule has 65 heavy (non-hydrogen) atoms. The molecule has 6 heteroatoms. The van der Waals surface area contributed by atoms with Crippen LogP contribution in [0.15, 0.2) is 60.8 Å². The Morgan fingerprint density at radius 1 is 0.323 bits per heavy atom. The summed E-state index contributed by atoms with van der Waals surface area (Å²) in [6, 6.07) is 0. The number of hydrogen-bond acceptors (Lipinski definition) is 6. The maximum atomic E-state index is 12.8. The van der Waals surface area contributed by atoms with Crippen LogP contribution >= 0.6 is 0 Å². The smallest absolute Gasteiger partial charge is 0.306 e. The summed E-state index contributed by atoms with van der Waals surface area (Å²) in [5, 5.41) is 0. The lowest BCUT2D eigenvalue weighted by molar-refractivity contribution is -0.167. The van der Waals surface area contributed by atoms with Gasteiger partial charge in [0.15, 0.2) is 6.10 Å². The van der Waals surface area contributed by atoms with E-state index in [1.54, 1.807) is 0 Å². The minimum absolute atomic E-state index is 0.0799. The van der Waals surface area contributed by atoms with Crippen molar-refractivity contribution in [1.29, 1.82) is 0 Å². The second-order valence-corrected chi connectivity index (χ2v) is 18.5. The summed E-state index contributed by atoms with van der Waals surface area (Å²) in [7, 11) is 0. The first-order chi connectivity index (χ1) is 32.0. The average Bonchev–Trinajstić information content (AvgIpc) is 3.30. The van der Waals surface area contributed by atoms with Gasteiger partial charge >= 0.3 is 17.9 Å². The summed E-state index contributed by atoms with van der Waals surface area (Å²) >= 11 is 0. The van der Waals surface area contributed by atoms with Crippen molar-refractivity contribution < 1.29 is 28.6 Å². The van der Waals surface area contributed by atoms with Gasteiger partial charge in [0, 0.05) is 19.3 Å². The van der Waals surface area contributed by atoms with E-state index in [-0.39, 0.29) is 31.1 Å². The van der Waals surface area contributed by atoms with Crippen LogP contribution in [-0.2, 0) is 28.6 Å². The third-order valence-corrected chi connectivity index (χ3v) is 12.0. The molecule has 6 nitrogen and oxygen atoms in total. The van der Waals surface area contributed by atoms with E-state index in [4.69, 9.17) is 14.2 Å². The van der Waals surface area contributed by atoms with Gasteiger partial charge in [-0.2, -0.15) is 0 Å². The highest BCUT2D eigenvalue weighted by molar-refractivity contribution is 5.71. The van der Waals surface area contributed by atoms with Gasteiger partial charge in [-0.15, -0.1) is 0 Å². The molecular weight excluding hydrogens is 805 g/mol. The third kappa shape index (κ3) is 51.9. The van der Waals surface area contributed by atoms with Gasteiger partial charge in [0.05, 0.1) is 0 Å². The largest absolute Gasteiger partial charge is 0.462 e. The second-order valence-electron chi connectivity index (χ2n) is 18.5. The van der Waals surface area contributed by atoms with Crippen molar-refractivity contribution >= 4 is 17.9 Å². The first-order valence-corrected chi connectivity index (χ1v) is 27.8. The number of ether oxygens (including phenoxy) is 3. The zero-order valence-electron chi connectivity index (χ0n) is 43.0. The van der Waals surface area contributed by atoms with E-state index < -0.39 is 6.10 Å². The summed E-state index contributed by atoms with van der Waals surface area (Å²) < 4.78 is 16.8. The summed E-state index contributed by atoms with van der Waals surface area (Å²) in [6.07, 6.45) is 66.3. The van der Waals surface area contributed by atoms with Gasteiger partial charge in [0.25, 0.3) is 0 Å². The first-order valence-electron chi connectivity index (χ1n) is 27.8. The van der Waals surface area contributed by atoms with Crippen LogP contribution in [0.2, 0.25) is 0 Å². The van der Waals surface area contributed by atoms with Gasteiger partial charge in [0.1, 0.15) is 13.2 Å². The SMILES string of the molecule is CC/C=C\C/C=C\C/C=C\CCCCCCCC(=O)OC[C@H](COC(=O)CCCCCCCCCCC/C=C\C/C=C\CCCCC)OC(=O)CCCCCCCCCCCCCCC. The minimum atomic E-state index is -0.780. The Hall–Kier alpha value is -2.89. The second kappa shape index (κ2) is 53.7. The molecule has 0 unspecified atom stereocenters. The van der Waals surface area contributed by atoms with Crippen LogP contribution in [0.1, 0.15) is 278 Å². The Morgan fingerprint density at radius 3 is 0.969 bits per heavy atom. The first kappa shape index (κ1) is 62.1. The van der Waals surface area contributed by atoms with Crippen LogP contribution in [-0.4, -0.2) is 37.2 Å². The molecular formula is C59H104O6. The maximum absolute atomic E-state index is 12.8. The minimum Gasteiger partial charge on any atom is -0.462 e. The molecule has 0 fully saturated rings. The fourth-order valence-corrected chi connectivity index (χ4v) is 7.84. The molecule has 0 aliphatic heterocycles. The number of unbranched alkanes of at least 4 members (excludes halogenated alkanes) is 29. The topological polar surface area (TPSA) is 78.9 Å². The normalized spacial score (nSPS) is 12.5. The van der Waals surface area contributed by atoms with E-state index in [1.165, 1.54) is 135 Å². The number of esters is 3. The zero-order chi connectivity index (χ0) is 47.2. The zero-order valence-corrected chi connectivity index (χ0v) is 43.0. The molecule has 0 aromatic carbocycles. The molecule has 0 aliphatic rings. The van der Waals surface area contributed by atoms with Crippen molar-refractivity contribution in [3.05, 3.63) is 60.8 Å². The van der Waals surface area contributed by atoms with Crippen molar-refractivity contribution in [1.82, 2.24) is 0 Å². The number of rotatable bonds is 50. The van der Waals surface area contributed by atoms with Gasteiger partial charge < -0.3 is 14.2 Å². The quantitative estimate of drug-likeness (QED) is 0.0262. The fourth-order valence-electron chi connectivity index (χ4n) is 7.84. The predicted molar refractivity (Wildman–Crippen MR) is 279 cm³/mol. The maximum Gasteiger partial charge on any atom is 0.306 e. The lowest BCUT2D eigenvalue weighted by atomic mass is 10.0. The van der Waals surface area contributed by atoms with Crippen molar-refractivity contribution in [3.63, 3.8) is 0 Å². The van der Waals surface area contributed by atoms with E-state index in [0.717, 1.165) is 103 Å². The van der Waals surface area contributed by atoms with E-state index in [9.17, 15) is 14.4 Å². The van der Waals surface area contributed by atoms with Gasteiger partial charge in [-0.1, -0.05) is 236 Å². The summed E-state index contributed by atoms with van der Waals surface area (Å²) in [4.78, 5) is 38.1. The summed E-state index contributed by atoms with van der Waals surface area (Å²) in [6.45, 7) is 6.50. The van der Waals surface area contributed by atoms with E-state index in [1.807, 2.05) is 0 Å². The number of hydrogen-bond donors (Lipinski definition) is 0. The van der Waals surface area contributed by atoms with Crippen molar-refractivity contribution in [2.24, 2.45) is 0 Å². The van der Waals surface area contributed by atoms with E-state index in [0.29, 0.717) is 19.3 Å². The molecule has 376 valence electrons. The molecule has 0 radical (unpaired) electrons. The molecule has 0 saturated carbocycles. The van der Waals surface area contributed by atoms with Crippen LogP contribution in [0.3, 0.4) is 0 Å². The molecule has 0 aromatic rings. The van der Waals surface area contributed by atoms with Crippen LogP contribution in [0.4, 0.5) is 0 Å². The lowest BCUT2D eigenvalue weighted by Gasteiger charge is -2.18. The molecule has 0 spiro atoms. The molecule has 0 aliphatic carbocycles. The number of carbonyl (C=O) groups is 3. The van der Waals surface area contributed by atoms with Gasteiger partial charge in [-0.05, 0) is 83.5 Å². The summed E-state index contributed by atoms with van der Waals surface area (Å²) in [5.41, 5.74) is 0. The van der Waals surface area contributed by atoms with Crippen LogP contribution in [0.5, 0.6) is 0 Å². The average molecular weight is 909 g/mol. The van der Waals surface area contributed by atoms with Gasteiger partial charge in [-0.3, -0.25) is 14.4 Å². The highest BCUT2D eigenvalue weighted by Crippen LogP contribution is 2.16. The van der Waals surface area contributed by atoms with Crippen molar-refractivity contribution in [2.45, 2.75) is 284 Å². The Labute approximate surface area is 402 Å². The van der Waals surface area contributed by atoms with E-state index in [2.05, 4.69) is 81.5 Å². The van der Waals surface area contributed by atoms with Gasteiger partial charge in [-0.25, -0.2) is 0 Å². The Morgan fingerprint density at radius 2 is 0.600 bits per heavy atom. The molecule has 0 bridgehead atoms. The molecule has 0 saturated heterocycles. The molecule has 0 rings (SSSR count). The van der Waals surface area contributed by atoms with Crippen LogP contribution in [0, 0.1) is 0 Å². The highest BCUT2D eigenvalue weighted by atomic mass is 16.6. The van der Waals surface area contributed by atoms with E-state index >= 15 is 0 Å². The molecule has 0 heterocycles. The molecule has 0 amide bonds.